The van der Waals surface area contributed by atoms with Gasteiger partial charge in [0.25, 0.3) is 5.91 Å². The Hall–Kier alpha value is -2.38. The zero-order chi connectivity index (χ0) is 15.0. The number of primary amides is 1. The molecule has 0 bridgehead atoms. The van der Waals surface area contributed by atoms with Crippen LogP contribution in [0.25, 0.3) is 10.2 Å². The number of nitrogens with one attached hydrogen (secondary N) is 1. The second-order valence-corrected chi connectivity index (χ2v) is 5.72. The summed E-state index contributed by atoms with van der Waals surface area (Å²) in [6.07, 6.45) is 0. The van der Waals surface area contributed by atoms with E-state index in [1.807, 2.05) is 12.1 Å². The molecule has 2 heterocycles. The van der Waals surface area contributed by atoms with Gasteiger partial charge in [-0.1, -0.05) is 22.9 Å². The normalized spacial score (nSPS) is 10.7. The van der Waals surface area contributed by atoms with Gasteiger partial charge >= 0.3 is 0 Å². The first-order chi connectivity index (χ1) is 10.0. The smallest absolute Gasteiger partial charge is 0.267 e. The van der Waals surface area contributed by atoms with E-state index in [1.165, 1.54) is 17.4 Å². The second-order valence-electron chi connectivity index (χ2n) is 4.25. The van der Waals surface area contributed by atoms with Crippen molar-refractivity contribution in [3.8, 4) is 0 Å². The highest BCUT2D eigenvalue weighted by molar-refractivity contribution is 7.22. The first-order valence-electron chi connectivity index (χ1n) is 5.92. The SMILES string of the molecule is NC(=O)c1ccc(N)c(Nc2nc3ccc(Cl)cc3s2)n1. The molecule has 0 aliphatic rings. The predicted octanol–water partition coefficient (Wildman–Crippen LogP) is 2.77. The lowest BCUT2D eigenvalue weighted by atomic mass is 10.3. The van der Waals surface area contributed by atoms with Crippen LogP contribution in [0.2, 0.25) is 5.02 Å². The van der Waals surface area contributed by atoms with Crippen LogP contribution < -0.4 is 16.8 Å². The van der Waals surface area contributed by atoms with Gasteiger partial charge in [0, 0.05) is 5.02 Å². The minimum Gasteiger partial charge on any atom is -0.396 e. The van der Waals surface area contributed by atoms with E-state index in [0.29, 0.717) is 21.7 Å². The lowest BCUT2D eigenvalue weighted by molar-refractivity contribution is 0.0996. The van der Waals surface area contributed by atoms with Gasteiger partial charge in [-0.05, 0) is 30.3 Å². The van der Waals surface area contributed by atoms with Gasteiger partial charge in [0.2, 0.25) is 0 Å². The molecule has 106 valence electrons. The monoisotopic (exact) mass is 319 g/mol. The van der Waals surface area contributed by atoms with Crippen LogP contribution in [0.1, 0.15) is 10.5 Å². The summed E-state index contributed by atoms with van der Waals surface area (Å²) in [5.74, 6) is -0.273. The van der Waals surface area contributed by atoms with Gasteiger partial charge in [0.1, 0.15) is 5.69 Å². The molecule has 6 nitrogen and oxygen atoms in total. The fourth-order valence-corrected chi connectivity index (χ4v) is 2.90. The van der Waals surface area contributed by atoms with Crippen molar-refractivity contribution < 1.29 is 4.79 Å². The number of thiazole rings is 1. The molecule has 0 aliphatic heterocycles. The maximum Gasteiger partial charge on any atom is 0.267 e. The maximum absolute atomic E-state index is 11.2. The van der Waals surface area contributed by atoms with E-state index in [0.717, 1.165) is 10.2 Å². The van der Waals surface area contributed by atoms with Gasteiger partial charge in [-0.15, -0.1) is 0 Å². The lowest BCUT2D eigenvalue weighted by Gasteiger charge is -2.06. The quantitative estimate of drug-likeness (QED) is 0.688. The second kappa shape index (κ2) is 5.19. The van der Waals surface area contributed by atoms with Gasteiger partial charge in [-0.2, -0.15) is 0 Å². The molecule has 0 radical (unpaired) electrons. The molecule has 0 atom stereocenters. The van der Waals surface area contributed by atoms with Crippen LogP contribution in [0.15, 0.2) is 30.3 Å². The predicted molar refractivity (Wildman–Crippen MR) is 85.1 cm³/mol. The summed E-state index contributed by atoms with van der Waals surface area (Å²) in [7, 11) is 0. The Kier molecular flexibility index (Phi) is 3.36. The number of carbonyl (C=O) groups is 1. The average molecular weight is 320 g/mol. The highest BCUT2D eigenvalue weighted by Crippen LogP contribution is 2.31. The van der Waals surface area contributed by atoms with E-state index in [4.69, 9.17) is 23.1 Å². The number of hydrogen-bond acceptors (Lipinski definition) is 6. The number of amides is 1. The summed E-state index contributed by atoms with van der Waals surface area (Å²) in [5, 5.41) is 4.25. The number of benzene rings is 1. The number of aromatic nitrogens is 2. The van der Waals surface area contributed by atoms with Crippen molar-refractivity contribution in [2.45, 2.75) is 0 Å². The van der Waals surface area contributed by atoms with Crippen molar-refractivity contribution in [2.24, 2.45) is 5.73 Å². The maximum atomic E-state index is 11.2. The molecule has 3 rings (SSSR count). The van der Waals surface area contributed by atoms with Gasteiger partial charge in [-0.3, -0.25) is 4.79 Å². The Morgan fingerprint density at radius 2 is 2.05 bits per heavy atom. The van der Waals surface area contributed by atoms with Crippen LogP contribution >= 0.6 is 22.9 Å². The van der Waals surface area contributed by atoms with Crippen molar-refractivity contribution in [1.82, 2.24) is 9.97 Å². The third kappa shape index (κ3) is 2.74. The van der Waals surface area contributed by atoms with E-state index in [9.17, 15) is 4.79 Å². The third-order valence-corrected chi connectivity index (χ3v) is 3.92. The molecule has 5 N–H and O–H groups in total. The highest BCUT2D eigenvalue weighted by Gasteiger charge is 2.10. The topological polar surface area (TPSA) is 107 Å². The van der Waals surface area contributed by atoms with Crippen molar-refractivity contribution in [3.63, 3.8) is 0 Å². The van der Waals surface area contributed by atoms with Crippen LogP contribution in [0, 0.1) is 0 Å². The Morgan fingerprint density at radius 3 is 2.81 bits per heavy atom. The summed E-state index contributed by atoms with van der Waals surface area (Å²) in [4.78, 5) is 19.6. The molecular weight excluding hydrogens is 310 g/mol. The van der Waals surface area contributed by atoms with Crippen LogP contribution in [-0.4, -0.2) is 15.9 Å². The molecule has 8 heteroatoms. The summed E-state index contributed by atoms with van der Waals surface area (Å²) in [5.41, 5.74) is 12.4. The zero-order valence-corrected chi connectivity index (χ0v) is 12.2. The first-order valence-corrected chi connectivity index (χ1v) is 7.12. The number of anilines is 3. The number of pyridine rings is 1. The zero-order valence-electron chi connectivity index (χ0n) is 10.6. The van der Waals surface area contributed by atoms with E-state index in [-0.39, 0.29) is 5.69 Å². The van der Waals surface area contributed by atoms with Gasteiger partial charge < -0.3 is 16.8 Å². The summed E-state index contributed by atoms with van der Waals surface area (Å²) in [6, 6.07) is 8.47. The summed E-state index contributed by atoms with van der Waals surface area (Å²) in [6.45, 7) is 0. The number of rotatable bonds is 3. The Labute approximate surface area is 128 Å². The standard InChI is InChI=1S/C13H10ClN5OS/c14-6-1-3-8-10(5-6)21-13(18-8)19-12-7(15)2-4-9(17-12)11(16)20/h1-5H,15H2,(H2,16,20)(H,17,18,19). The highest BCUT2D eigenvalue weighted by atomic mass is 35.5. The van der Waals surface area contributed by atoms with Crippen LogP contribution in [-0.2, 0) is 0 Å². The van der Waals surface area contributed by atoms with E-state index >= 15 is 0 Å². The van der Waals surface area contributed by atoms with Crippen LogP contribution in [0.5, 0.6) is 0 Å². The van der Waals surface area contributed by atoms with E-state index in [2.05, 4.69) is 15.3 Å². The molecule has 3 aromatic rings. The molecule has 1 aromatic carbocycles. The number of carbonyl (C=O) groups excluding carboxylic acids is 1. The molecule has 0 unspecified atom stereocenters. The Morgan fingerprint density at radius 1 is 1.24 bits per heavy atom. The molecule has 0 aliphatic carbocycles. The van der Waals surface area contributed by atoms with Crippen LogP contribution in [0.4, 0.5) is 16.6 Å². The number of nitrogen functional groups attached to an aromatic ring is 1. The van der Waals surface area contributed by atoms with E-state index in [1.54, 1.807) is 12.1 Å². The third-order valence-electron chi connectivity index (χ3n) is 2.75. The molecule has 0 saturated carbocycles. The molecule has 1 amide bonds. The summed E-state index contributed by atoms with van der Waals surface area (Å²) < 4.78 is 0.939. The van der Waals surface area contributed by atoms with Crippen LogP contribution in [0.3, 0.4) is 0 Å². The minimum atomic E-state index is -0.617. The van der Waals surface area contributed by atoms with Gasteiger partial charge in [-0.25, -0.2) is 9.97 Å². The first kappa shape index (κ1) is 13.6. The average Bonchev–Trinajstić information content (AvgIpc) is 2.82. The number of halogens is 1. The van der Waals surface area contributed by atoms with Crippen molar-refractivity contribution in [1.29, 1.82) is 0 Å². The number of nitrogens with zero attached hydrogens (tertiary/aromatic N) is 2. The largest absolute Gasteiger partial charge is 0.396 e. The van der Waals surface area contributed by atoms with Crippen molar-refractivity contribution >= 4 is 55.7 Å². The fourth-order valence-electron chi connectivity index (χ4n) is 1.76. The number of fused-ring (bicyclic) bond motifs is 1. The molecule has 0 spiro atoms. The Bertz CT molecular complexity index is 848. The Balaban J connectivity index is 1.98. The fraction of sp³-hybridized carbons (Fsp3) is 0. The summed E-state index contributed by atoms with van der Waals surface area (Å²) >= 11 is 7.35. The molecule has 0 saturated heterocycles. The number of nitrogens with two attached hydrogens (primary N) is 2. The molecule has 21 heavy (non-hydrogen) atoms. The van der Waals surface area contributed by atoms with E-state index < -0.39 is 5.91 Å². The molecule has 0 fully saturated rings. The molecular formula is C13H10ClN5OS. The molecule has 2 aromatic heterocycles. The van der Waals surface area contributed by atoms with Gasteiger partial charge in [0.15, 0.2) is 10.9 Å². The lowest BCUT2D eigenvalue weighted by Crippen LogP contribution is -2.14. The van der Waals surface area contributed by atoms with Gasteiger partial charge in [0.05, 0.1) is 15.9 Å². The van der Waals surface area contributed by atoms with Crippen molar-refractivity contribution in [3.05, 3.63) is 41.0 Å². The number of hydrogen-bond donors (Lipinski definition) is 3. The van der Waals surface area contributed by atoms with Crippen molar-refractivity contribution in [2.75, 3.05) is 11.1 Å². The minimum absolute atomic E-state index is 0.135.